The van der Waals surface area contributed by atoms with Crippen molar-refractivity contribution in [3.63, 3.8) is 0 Å². The second-order valence-electron chi connectivity index (χ2n) is 17.6. The Balaban J connectivity index is 1.17. The summed E-state index contributed by atoms with van der Waals surface area (Å²) >= 11 is 0. The van der Waals surface area contributed by atoms with Crippen LogP contribution in [0.5, 0.6) is 0 Å². The maximum absolute atomic E-state index is 2.52. The average molecular weight is 753 g/mol. The predicted octanol–water partition coefficient (Wildman–Crippen LogP) is 14.5. The summed E-state index contributed by atoms with van der Waals surface area (Å²) in [6.07, 6.45) is 0. The summed E-state index contributed by atoms with van der Waals surface area (Å²) in [5.74, 6) is 0. The third-order valence-electron chi connectivity index (χ3n) is 12.5. The van der Waals surface area contributed by atoms with E-state index in [0.29, 0.717) is 0 Å². The molecule has 1 aliphatic rings. The summed E-state index contributed by atoms with van der Waals surface area (Å²) in [6.45, 7) is 16.4. The third-order valence-corrected chi connectivity index (χ3v) is 14.5. The first-order valence-electron chi connectivity index (χ1n) is 20.3. The standard InChI is InChI=1S/C54H48N2Si/c1-35-17-21-39(22-18-35)55(40-23-26-42(27-24-40)57(5,6)7)41-25-28-45-48(33-41)54(3,4)49-34-52(43-15-11-12-16-44(43)53(45)49)56-50-29-19-36(2)31-46(50)47-32-38(20-30-51(47)56)37-13-9-8-10-14-37/h8-34H,1-7H3. The van der Waals surface area contributed by atoms with Crippen LogP contribution >= 0.6 is 0 Å². The van der Waals surface area contributed by atoms with Gasteiger partial charge in [-0.3, -0.25) is 0 Å². The lowest BCUT2D eigenvalue weighted by molar-refractivity contribution is 0.660. The van der Waals surface area contributed by atoms with E-state index in [-0.39, 0.29) is 5.41 Å². The SMILES string of the molecule is Cc1ccc(N(c2ccc([Si](C)(C)C)cc2)c2ccc3c(c2)C(C)(C)c2cc(-n4c5ccc(C)cc5c5cc(-c6ccccc6)ccc54)c4ccccc4c2-3)cc1. The fourth-order valence-electron chi connectivity index (χ4n) is 9.33. The van der Waals surface area contributed by atoms with Crippen LogP contribution in [-0.4, -0.2) is 12.6 Å². The second kappa shape index (κ2) is 12.9. The van der Waals surface area contributed by atoms with Gasteiger partial charge in [-0.05, 0) is 119 Å². The summed E-state index contributed by atoms with van der Waals surface area (Å²) in [6, 6.07) is 61.7. The first kappa shape index (κ1) is 35.3. The Morgan fingerprint density at radius 2 is 1.07 bits per heavy atom. The average Bonchev–Trinajstić information content (AvgIpc) is 3.65. The Morgan fingerprint density at radius 1 is 0.474 bits per heavy atom. The first-order chi connectivity index (χ1) is 27.5. The molecule has 0 spiro atoms. The van der Waals surface area contributed by atoms with E-state index in [1.807, 2.05) is 0 Å². The molecular formula is C54H48N2Si. The molecule has 0 atom stereocenters. The molecule has 57 heavy (non-hydrogen) atoms. The lowest BCUT2D eigenvalue weighted by Crippen LogP contribution is -2.37. The van der Waals surface area contributed by atoms with Crippen LogP contribution in [0.25, 0.3) is 60.5 Å². The highest BCUT2D eigenvalue weighted by Crippen LogP contribution is 2.54. The van der Waals surface area contributed by atoms with Gasteiger partial charge in [0.2, 0.25) is 0 Å². The number of rotatable bonds is 6. The molecule has 0 saturated carbocycles. The summed E-state index contributed by atoms with van der Waals surface area (Å²) in [7, 11) is -1.44. The highest BCUT2D eigenvalue weighted by Gasteiger charge is 2.38. The normalized spacial score (nSPS) is 13.3. The largest absolute Gasteiger partial charge is 0.310 e. The first-order valence-corrected chi connectivity index (χ1v) is 23.8. The summed E-state index contributed by atoms with van der Waals surface area (Å²) in [5, 5.41) is 6.59. The molecule has 0 saturated heterocycles. The van der Waals surface area contributed by atoms with Crippen molar-refractivity contribution in [1.82, 2.24) is 4.57 Å². The molecule has 9 aromatic rings. The number of hydrogen-bond acceptors (Lipinski definition) is 1. The number of anilines is 3. The molecule has 8 aromatic carbocycles. The maximum Gasteiger partial charge on any atom is 0.0775 e. The lowest BCUT2D eigenvalue weighted by atomic mass is 9.81. The fraction of sp³-hybridized carbons (Fsp3) is 0.148. The van der Waals surface area contributed by atoms with E-state index < -0.39 is 8.07 Å². The van der Waals surface area contributed by atoms with Crippen LogP contribution in [0.15, 0.2) is 164 Å². The minimum atomic E-state index is -1.44. The number of hydrogen-bond donors (Lipinski definition) is 0. The van der Waals surface area contributed by atoms with Crippen molar-refractivity contribution in [1.29, 1.82) is 0 Å². The Hall–Kier alpha value is -6.16. The summed E-state index contributed by atoms with van der Waals surface area (Å²) in [4.78, 5) is 2.43. The van der Waals surface area contributed by atoms with E-state index >= 15 is 0 Å². The van der Waals surface area contributed by atoms with Gasteiger partial charge < -0.3 is 9.47 Å². The van der Waals surface area contributed by atoms with Crippen molar-refractivity contribution < 1.29 is 0 Å². The highest BCUT2D eigenvalue weighted by molar-refractivity contribution is 6.88. The third kappa shape index (κ3) is 5.67. The van der Waals surface area contributed by atoms with Crippen LogP contribution in [0, 0.1) is 13.8 Å². The van der Waals surface area contributed by atoms with Gasteiger partial charge in [0.25, 0.3) is 0 Å². The van der Waals surface area contributed by atoms with Crippen molar-refractivity contribution >= 4 is 62.9 Å². The van der Waals surface area contributed by atoms with Gasteiger partial charge in [0, 0.05) is 38.6 Å². The second-order valence-corrected chi connectivity index (χ2v) is 22.7. The van der Waals surface area contributed by atoms with Gasteiger partial charge >= 0.3 is 0 Å². The monoisotopic (exact) mass is 752 g/mol. The van der Waals surface area contributed by atoms with E-state index in [2.05, 4.69) is 221 Å². The topological polar surface area (TPSA) is 8.17 Å². The lowest BCUT2D eigenvalue weighted by Gasteiger charge is -2.29. The molecule has 0 amide bonds. The van der Waals surface area contributed by atoms with Crippen LogP contribution in [-0.2, 0) is 5.41 Å². The van der Waals surface area contributed by atoms with E-state index in [1.54, 1.807) is 0 Å². The Labute approximate surface area is 337 Å². The van der Waals surface area contributed by atoms with Gasteiger partial charge in [-0.2, -0.15) is 0 Å². The smallest absolute Gasteiger partial charge is 0.0775 e. The zero-order valence-corrected chi connectivity index (χ0v) is 35.0. The number of aryl methyl sites for hydroxylation is 2. The van der Waals surface area contributed by atoms with Crippen LogP contribution in [0.4, 0.5) is 17.1 Å². The minimum Gasteiger partial charge on any atom is -0.310 e. The van der Waals surface area contributed by atoms with Crippen molar-refractivity contribution in [2.45, 2.75) is 52.8 Å². The van der Waals surface area contributed by atoms with Gasteiger partial charge in [0.15, 0.2) is 0 Å². The van der Waals surface area contributed by atoms with Gasteiger partial charge in [-0.25, -0.2) is 0 Å². The molecule has 0 N–H and O–H groups in total. The zero-order valence-electron chi connectivity index (χ0n) is 34.0. The zero-order chi connectivity index (χ0) is 39.2. The van der Waals surface area contributed by atoms with Gasteiger partial charge in [-0.1, -0.05) is 147 Å². The molecule has 1 aliphatic carbocycles. The molecule has 1 aromatic heterocycles. The molecule has 0 radical (unpaired) electrons. The van der Waals surface area contributed by atoms with Crippen LogP contribution in [0.2, 0.25) is 19.6 Å². The molecule has 3 heteroatoms. The Morgan fingerprint density at radius 3 is 1.77 bits per heavy atom. The van der Waals surface area contributed by atoms with Crippen molar-refractivity contribution in [2.75, 3.05) is 4.90 Å². The number of aromatic nitrogens is 1. The van der Waals surface area contributed by atoms with Crippen molar-refractivity contribution in [3.8, 4) is 27.9 Å². The number of nitrogens with zero attached hydrogens (tertiary/aromatic N) is 2. The van der Waals surface area contributed by atoms with E-state index in [0.717, 1.165) is 0 Å². The number of fused-ring (bicyclic) bond motifs is 8. The van der Waals surface area contributed by atoms with Crippen LogP contribution in [0.1, 0.15) is 36.1 Å². The molecule has 278 valence electrons. The van der Waals surface area contributed by atoms with Crippen LogP contribution < -0.4 is 10.1 Å². The quantitative estimate of drug-likeness (QED) is 0.154. The Kier molecular flexibility index (Phi) is 8.01. The van der Waals surface area contributed by atoms with Crippen LogP contribution in [0.3, 0.4) is 0 Å². The molecule has 0 aliphatic heterocycles. The molecular weight excluding hydrogens is 705 g/mol. The summed E-state index contributed by atoms with van der Waals surface area (Å²) < 4.78 is 2.52. The molecule has 1 heterocycles. The van der Waals surface area contributed by atoms with Gasteiger partial charge in [0.1, 0.15) is 0 Å². The van der Waals surface area contributed by atoms with Crippen molar-refractivity contribution in [2.24, 2.45) is 0 Å². The molecule has 0 fully saturated rings. The van der Waals surface area contributed by atoms with Gasteiger partial charge in [0.05, 0.1) is 24.8 Å². The Bertz CT molecular complexity index is 3020. The molecule has 10 rings (SSSR count). The number of benzene rings is 8. The van der Waals surface area contributed by atoms with Crippen molar-refractivity contribution in [3.05, 3.63) is 186 Å². The van der Waals surface area contributed by atoms with E-state index in [4.69, 9.17) is 0 Å². The fourth-order valence-corrected chi connectivity index (χ4v) is 10.5. The molecule has 0 unspecified atom stereocenters. The van der Waals surface area contributed by atoms with E-state index in [9.17, 15) is 0 Å². The predicted molar refractivity (Wildman–Crippen MR) is 248 cm³/mol. The maximum atomic E-state index is 2.52. The van der Waals surface area contributed by atoms with Gasteiger partial charge in [-0.15, -0.1) is 0 Å². The highest BCUT2D eigenvalue weighted by atomic mass is 28.3. The minimum absolute atomic E-state index is 0.240. The summed E-state index contributed by atoms with van der Waals surface area (Å²) in [5.41, 5.74) is 17.4. The molecule has 0 bridgehead atoms. The molecule has 2 nitrogen and oxygen atoms in total. The van der Waals surface area contributed by atoms with E-state index in [1.165, 1.54) is 105 Å².